The van der Waals surface area contributed by atoms with Crippen LogP contribution in [0.15, 0.2) is 18.2 Å². The van der Waals surface area contributed by atoms with Gasteiger partial charge < -0.3 is 30.4 Å². The lowest BCUT2D eigenvalue weighted by Gasteiger charge is -2.27. The molecule has 1 amide bonds. The highest BCUT2D eigenvalue weighted by atomic mass is 35.5. The molecule has 7 nitrogen and oxygen atoms in total. The highest BCUT2D eigenvalue weighted by Gasteiger charge is 2.23. The van der Waals surface area contributed by atoms with Gasteiger partial charge >= 0.3 is 0 Å². The first-order valence-electron chi connectivity index (χ1n) is 11.2. The number of halogens is 1. The van der Waals surface area contributed by atoms with Crippen LogP contribution < -0.4 is 20.5 Å². The molecule has 3 atom stereocenters. The Kier molecular flexibility index (Phi) is 15.4. The molecule has 0 saturated carbocycles. The van der Waals surface area contributed by atoms with Crippen LogP contribution in [0.1, 0.15) is 46.1 Å². The lowest BCUT2D eigenvalue weighted by Crippen LogP contribution is -2.45. The number of amides is 1. The smallest absolute Gasteiger partial charge is 0.222 e. The van der Waals surface area contributed by atoms with Crippen LogP contribution in [-0.4, -0.2) is 57.1 Å². The Bertz CT molecular complexity index is 657. The van der Waals surface area contributed by atoms with Crippen molar-refractivity contribution in [3.63, 3.8) is 0 Å². The van der Waals surface area contributed by atoms with E-state index in [0.717, 1.165) is 24.2 Å². The first-order chi connectivity index (χ1) is 14.7. The van der Waals surface area contributed by atoms with Gasteiger partial charge in [0.15, 0.2) is 11.5 Å². The lowest BCUT2D eigenvalue weighted by atomic mass is 9.83. The van der Waals surface area contributed by atoms with E-state index < -0.39 is 12.1 Å². The van der Waals surface area contributed by atoms with Crippen LogP contribution in [-0.2, 0) is 16.0 Å². The van der Waals surface area contributed by atoms with Crippen molar-refractivity contribution in [2.24, 2.45) is 23.5 Å². The van der Waals surface area contributed by atoms with Crippen LogP contribution in [0.2, 0.25) is 0 Å². The number of rotatable bonds is 15. The molecule has 4 N–H and O–H groups in total. The summed E-state index contributed by atoms with van der Waals surface area (Å²) in [5.41, 5.74) is 7.42. The van der Waals surface area contributed by atoms with Crippen molar-refractivity contribution >= 4 is 18.3 Å². The Morgan fingerprint density at radius 3 is 2.38 bits per heavy atom. The minimum Gasteiger partial charge on any atom is -0.493 e. The number of aliphatic hydroxyl groups is 1. The maximum Gasteiger partial charge on any atom is 0.222 e. The lowest BCUT2D eigenvalue weighted by molar-refractivity contribution is -0.124. The van der Waals surface area contributed by atoms with Crippen molar-refractivity contribution in [1.29, 1.82) is 0 Å². The van der Waals surface area contributed by atoms with E-state index in [0.29, 0.717) is 31.3 Å². The Balaban J connectivity index is 0.00000961. The normalized spacial score (nSPS) is 13.9. The Morgan fingerprint density at radius 1 is 1.12 bits per heavy atom. The van der Waals surface area contributed by atoms with Gasteiger partial charge in [-0.3, -0.25) is 4.79 Å². The van der Waals surface area contributed by atoms with E-state index in [2.05, 4.69) is 19.2 Å². The molecule has 8 heteroatoms. The van der Waals surface area contributed by atoms with Gasteiger partial charge in [-0.15, -0.1) is 12.4 Å². The third-order valence-corrected chi connectivity index (χ3v) is 5.50. The van der Waals surface area contributed by atoms with Crippen LogP contribution >= 0.6 is 12.4 Å². The monoisotopic (exact) mass is 474 g/mol. The summed E-state index contributed by atoms with van der Waals surface area (Å²) in [4.78, 5) is 11.7. The van der Waals surface area contributed by atoms with Crippen molar-refractivity contribution in [3.8, 4) is 11.5 Å². The molecule has 186 valence electrons. The number of hydrogen-bond acceptors (Lipinski definition) is 6. The fourth-order valence-electron chi connectivity index (χ4n) is 3.31. The molecule has 0 unspecified atom stereocenters. The fraction of sp³-hybridized carbons (Fsp3) is 0.708. The Labute approximate surface area is 199 Å². The summed E-state index contributed by atoms with van der Waals surface area (Å²) < 4.78 is 16.4. The molecule has 1 rings (SSSR count). The number of carbonyl (C=O) groups is 1. The SMILES string of the molecule is COCCCOc1cc(C[C@@H](C[C@H](N)[C@@H](O)CNC(=O)C(C)C)C(C)C)ccc1OC.Cl. The van der Waals surface area contributed by atoms with E-state index in [4.69, 9.17) is 19.9 Å². The standard InChI is InChI=1S/C24H42N2O5.ClH/c1-16(2)19(14-20(25)21(27)15-26-24(28)17(3)4)12-18-8-9-22(30-6)23(13-18)31-11-7-10-29-5;/h8-9,13,16-17,19-21,27H,7,10-12,14-15,25H2,1-6H3,(H,26,28);1H/t19-,20-,21-;/m0./s1. The molecule has 0 spiro atoms. The third-order valence-electron chi connectivity index (χ3n) is 5.50. The molecule has 1 aromatic carbocycles. The van der Waals surface area contributed by atoms with Crippen molar-refractivity contribution in [2.75, 3.05) is 34.0 Å². The molecular formula is C24H43ClN2O5. The number of carbonyl (C=O) groups excluding carboxylic acids is 1. The van der Waals surface area contributed by atoms with E-state index >= 15 is 0 Å². The molecule has 0 bridgehead atoms. The van der Waals surface area contributed by atoms with Crippen LogP contribution in [0, 0.1) is 17.8 Å². The molecule has 0 fully saturated rings. The van der Waals surface area contributed by atoms with Crippen LogP contribution in [0.25, 0.3) is 0 Å². The molecule has 0 radical (unpaired) electrons. The molecule has 0 aliphatic heterocycles. The summed E-state index contributed by atoms with van der Waals surface area (Å²) in [6.45, 7) is 9.34. The second-order valence-corrected chi connectivity index (χ2v) is 8.76. The van der Waals surface area contributed by atoms with Gasteiger partial charge in [0.1, 0.15) is 0 Å². The number of benzene rings is 1. The zero-order valence-electron chi connectivity index (χ0n) is 20.4. The van der Waals surface area contributed by atoms with Gasteiger partial charge in [0.2, 0.25) is 5.91 Å². The Hall–Kier alpha value is -1.54. The first kappa shape index (κ1) is 30.5. The topological polar surface area (TPSA) is 103 Å². The molecule has 0 saturated heterocycles. The average Bonchev–Trinajstić information content (AvgIpc) is 2.74. The van der Waals surface area contributed by atoms with Crippen LogP contribution in [0.4, 0.5) is 0 Å². The molecule has 0 aromatic heterocycles. The second-order valence-electron chi connectivity index (χ2n) is 8.76. The zero-order chi connectivity index (χ0) is 23.4. The summed E-state index contributed by atoms with van der Waals surface area (Å²) in [6.07, 6.45) is 1.50. The largest absolute Gasteiger partial charge is 0.493 e. The predicted octanol–water partition coefficient (Wildman–Crippen LogP) is 3.20. The molecule has 32 heavy (non-hydrogen) atoms. The number of nitrogens with one attached hydrogen (secondary N) is 1. The molecule has 0 heterocycles. The van der Waals surface area contributed by atoms with Crippen LogP contribution in [0.5, 0.6) is 11.5 Å². The van der Waals surface area contributed by atoms with Gasteiger partial charge in [-0.05, 0) is 42.4 Å². The number of nitrogens with two attached hydrogens (primary N) is 1. The fourth-order valence-corrected chi connectivity index (χ4v) is 3.31. The number of methoxy groups -OCH3 is 2. The average molecular weight is 475 g/mol. The molecule has 0 aliphatic carbocycles. The summed E-state index contributed by atoms with van der Waals surface area (Å²) >= 11 is 0. The van der Waals surface area contributed by atoms with Gasteiger partial charge in [-0.25, -0.2) is 0 Å². The van der Waals surface area contributed by atoms with Gasteiger partial charge in [0.05, 0.1) is 19.8 Å². The van der Waals surface area contributed by atoms with Crippen molar-refractivity contribution < 1.29 is 24.1 Å². The van der Waals surface area contributed by atoms with Gasteiger partial charge in [0, 0.05) is 38.6 Å². The van der Waals surface area contributed by atoms with E-state index in [9.17, 15) is 9.90 Å². The number of hydrogen-bond donors (Lipinski definition) is 3. The maximum absolute atomic E-state index is 11.7. The van der Waals surface area contributed by atoms with Crippen LogP contribution in [0.3, 0.4) is 0 Å². The summed E-state index contributed by atoms with van der Waals surface area (Å²) in [5.74, 6) is 1.89. The quantitative estimate of drug-likeness (QED) is 0.337. The van der Waals surface area contributed by atoms with E-state index in [1.807, 2.05) is 32.0 Å². The van der Waals surface area contributed by atoms with Gasteiger partial charge in [0.25, 0.3) is 0 Å². The van der Waals surface area contributed by atoms with Crippen molar-refractivity contribution in [1.82, 2.24) is 5.32 Å². The van der Waals surface area contributed by atoms with E-state index in [1.165, 1.54) is 0 Å². The minimum atomic E-state index is -0.778. The first-order valence-corrected chi connectivity index (χ1v) is 11.2. The molecule has 0 aliphatic rings. The van der Waals surface area contributed by atoms with Gasteiger partial charge in [-0.1, -0.05) is 33.8 Å². The highest BCUT2D eigenvalue weighted by Crippen LogP contribution is 2.31. The Morgan fingerprint density at radius 2 is 1.81 bits per heavy atom. The third kappa shape index (κ3) is 10.9. The molecular weight excluding hydrogens is 432 g/mol. The summed E-state index contributed by atoms with van der Waals surface area (Å²) in [6, 6.07) is 5.57. The minimum absolute atomic E-state index is 0. The predicted molar refractivity (Wildman–Crippen MR) is 131 cm³/mol. The molecule has 1 aromatic rings. The van der Waals surface area contributed by atoms with Crippen molar-refractivity contribution in [3.05, 3.63) is 23.8 Å². The highest BCUT2D eigenvalue weighted by molar-refractivity contribution is 5.85. The second kappa shape index (κ2) is 16.1. The summed E-state index contributed by atoms with van der Waals surface area (Å²) in [7, 11) is 3.31. The van der Waals surface area contributed by atoms with Gasteiger partial charge in [-0.2, -0.15) is 0 Å². The van der Waals surface area contributed by atoms with E-state index in [1.54, 1.807) is 14.2 Å². The van der Waals surface area contributed by atoms with Crippen molar-refractivity contribution in [2.45, 2.75) is 59.1 Å². The summed E-state index contributed by atoms with van der Waals surface area (Å²) in [5, 5.41) is 13.2. The maximum atomic E-state index is 11.7. The zero-order valence-corrected chi connectivity index (χ0v) is 21.2. The van der Waals surface area contributed by atoms with E-state index in [-0.39, 0.29) is 36.7 Å². The number of aliphatic hydroxyl groups excluding tert-OH is 1. The number of ether oxygens (including phenoxy) is 3.